The van der Waals surface area contributed by atoms with Crippen LogP contribution in [0.4, 0.5) is 21.5 Å². The fourth-order valence-electron chi connectivity index (χ4n) is 2.52. The van der Waals surface area contributed by atoms with Gasteiger partial charge < -0.3 is 21.5 Å². The monoisotopic (exact) mass is 367 g/mol. The normalized spacial score (nSPS) is 9.70. The minimum absolute atomic E-state index is 0.250. The molecule has 0 bridgehead atoms. The molecular formula is C21H22FN3O2. The Morgan fingerprint density at radius 1 is 0.889 bits per heavy atom. The van der Waals surface area contributed by atoms with Crippen molar-refractivity contribution in [2.75, 3.05) is 10.6 Å². The van der Waals surface area contributed by atoms with Crippen molar-refractivity contribution in [1.29, 1.82) is 0 Å². The van der Waals surface area contributed by atoms with Gasteiger partial charge in [0.2, 0.25) is 0 Å². The van der Waals surface area contributed by atoms with Gasteiger partial charge in [0.25, 0.3) is 6.47 Å². The molecule has 0 unspecified atom stereocenters. The minimum Gasteiger partial charge on any atom is -0.483 e. The molecule has 0 saturated carbocycles. The van der Waals surface area contributed by atoms with Gasteiger partial charge in [0.1, 0.15) is 5.82 Å². The lowest BCUT2D eigenvalue weighted by molar-refractivity contribution is -0.122. The molecule has 0 aliphatic carbocycles. The number of rotatable bonds is 6. The van der Waals surface area contributed by atoms with E-state index in [2.05, 4.69) is 22.8 Å². The molecule has 0 atom stereocenters. The quantitative estimate of drug-likeness (QED) is 0.487. The zero-order valence-corrected chi connectivity index (χ0v) is 14.7. The fourth-order valence-corrected chi connectivity index (χ4v) is 2.52. The molecule has 0 fully saturated rings. The molecule has 0 aliphatic heterocycles. The van der Waals surface area contributed by atoms with Gasteiger partial charge in [-0.15, -0.1) is 0 Å². The van der Waals surface area contributed by atoms with Crippen molar-refractivity contribution in [3.05, 3.63) is 89.7 Å². The lowest BCUT2D eigenvalue weighted by Gasteiger charge is -2.14. The number of anilines is 3. The van der Waals surface area contributed by atoms with Crippen molar-refractivity contribution in [2.24, 2.45) is 5.73 Å². The lowest BCUT2D eigenvalue weighted by Crippen LogP contribution is -2.04. The fraction of sp³-hybridized carbons (Fsp3) is 0.0952. The number of carbonyl (C=O) groups is 1. The van der Waals surface area contributed by atoms with Gasteiger partial charge in [-0.05, 0) is 35.4 Å². The summed E-state index contributed by atoms with van der Waals surface area (Å²) in [6, 6.07) is 22.6. The predicted octanol–water partition coefficient (Wildman–Crippen LogP) is 4.34. The van der Waals surface area contributed by atoms with E-state index < -0.39 is 0 Å². The van der Waals surface area contributed by atoms with Gasteiger partial charge in [-0.1, -0.05) is 48.5 Å². The third kappa shape index (κ3) is 6.13. The van der Waals surface area contributed by atoms with E-state index >= 15 is 0 Å². The average molecular weight is 367 g/mol. The Balaban J connectivity index is 0.000000817. The van der Waals surface area contributed by atoms with Crippen LogP contribution in [-0.2, 0) is 17.9 Å². The standard InChI is InChI=1S/C20H20FN3.CH2O2/c21-17-8-1-2-9-18(17)24-20-11-4-3-10-19(20)23-14-16-7-5-6-15(12-16)13-22;2-1-3/h1-12,23-24H,13-14,22H2;1H,(H,2,3). The van der Waals surface area contributed by atoms with Crippen LogP contribution < -0.4 is 16.4 Å². The maximum absolute atomic E-state index is 13.8. The third-order valence-electron chi connectivity index (χ3n) is 3.78. The predicted molar refractivity (Wildman–Crippen MR) is 106 cm³/mol. The summed E-state index contributed by atoms with van der Waals surface area (Å²) in [6.45, 7) is 0.947. The summed E-state index contributed by atoms with van der Waals surface area (Å²) in [4.78, 5) is 8.36. The number of hydrogen-bond donors (Lipinski definition) is 4. The molecule has 3 rings (SSSR count). The van der Waals surface area contributed by atoms with Crippen molar-refractivity contribution in [3.63, 3.8) is 0 Å². The zero-order chi connectivity index (χ0) is 19.5. The summed E-state index contributed by atoms with van der Waals surface area (Å²) in [5.41, 5.74) is 10.1. The molecular weight excluding hydrogens is 345 g/mol. The van der Waals surface area contributed by atoms with Gasteiger partial charge in [0.15, 0.2) is 0 Å². The second-order valence-electron chi connectivity index (χ2n) is 5.63. The van der Waals surface area contributed by atoms with Crippen molar-refractivity contribution in [2.45, 2.75) is 13.1 Å². The number of para-hydroxylation sites is 3. The van der Waals surface area contributed by atoms with Gasteiger partial charge in [-0.3, -0.25) is 4.79 Å². The highest BCUT2D eigenvalue weighted by Crippen LogP contribution is 2.27. The van der Waals surface area contributed by atoms with E-state index in [0.29, 0.717) is 18.8 Å². The molecule has 140 valence electrons. The molecule has 27 heavy (non-hydrogen) atoms. The van der Waals surface area contributed by atoms with Crippen LogP contribution in [0.1, 0.15) is 11.1 Å². The smallest absolute Gasteiger partial charge is 0.290 e. The van der Waals surface area contributed by atoms with E-state index in [4.69, 9.17) is 15.6 Å². The van der Waals surface area contributed by atoms with Crippen LogP contribution in [-0.4, -0.2) is 11.6 Å². The lowest BCUT2D eigenvalue weighted by atomic mass is 10.1. The first-order valence-corrected chi connectivity index (χ1v) is 8.38. The highest BCUT2D eigenvalue weighted by atomic mass is 19.1. The van der Waals surface area contributed by atoms with Crippen molar-refractivity contribution in [3.8, 4) is 0 Å². The Labute approximate surface area is 157 Å². The van der Waals surface area contributed by atoms with Gasteiger partial charge in [0.05, 0.1) is 17.1 Å². The van der Waals surface area contributed by atoms with E-state index in [1.165, 1.54) is 6.07 Å². The van der Waals surface area contributed by atoms with E-state index in [-0.39, 0.29) is 12.3 Å². The zero-order valence-electron chi connectivity index (χ0n) is 14.7. The van der Waals surface area contributed by atoms with Crippen LogP contribution in [0.3, 0.4) is 0 Å². The van der Waals surface area contributed by atoms with Crippen molar-refractivity contribution >= 4 is 23.5 Å². The Morgan fingerprint density at radius 3 is 2.15 bits per heavy atom. The first-order valence-electron chi connectivity index (χ1n) is 8.38. The Hall–Kier alpha value is -3.38. The molecule has 5 N–H and O–H groups in total. The second kappa shape index (κ2) is 10.6. The molecule has 5 nitrogen and oxygen atoms in total. The summed E-state index contributed by atoms with van der Waals surface area (Å²) in [6.07, 6.45) is 0. The Morgan fingerprint density at radius 2 is 1.48 bits per heavy atom. The topological polar surface area (TPSA) is 87.4 Å². The summed E-state index contributed by atoms with van der Waals surface area (Å²) in [5, 5.41) is 13.4. The molecule has 3 aromatic rings. The highest BCUT2D eigenvalue weighted by molar-refractivity contribution is 5.74. The first kappa shape index (κ1) is 19.9. The SMILES string of the molecule is NCc1cccc(CNc2ccccc2Nc2ccccc2F)c1.O=CO. The number of nitrogens with one attached hydrogen (secondary N) is 2. The van der Waals surface area contributed by atoms with Crippen LogP contribution in [0.5, 0.6) is 0 Å². The number of nitrogens with two attached hydrogens (primary N) is 1. The summed E-state index contributed by atoms with van der Waals surface area (Å²) in [7, 11) is 0. The number of hydrogen-bond acceptors (Lipinski definition) is 4. The largest absolute Gasteiger partial charge is 0.483 e. The molecule has 3 aromatic carbocycles. The molecule has 0 radical (unpaired) electrons. The van der Waals surface area contributed by atoms with Gasteiger partial charge in [-0.2, -0.15) is 0 Å². The van der Waals surface area contributed by atoms with Crippen molar-refractivity contribution < 1.29 is 14.3 Å². The van der Waals surface area contributed by atoms with Crippen molar-refractivity contribution in [1.82, 2.24) is 0 Å². The molecule has 0 aromatic heterocycles. The summed E-state index contributed by atoms with van der Waals surface area (Å²) < 4.78 is 13.8. The number of halogens is 1. The van der Waals surface area contributed by atoms with Gasteiger partial charge in [-0.25, -0.2) is 4.39 Å². The highest BCUT2D eigenvalue weighted by Gasteiger charge is 2.05. The third-order valence-corrected chi connectivity index (χ3v) is 3.78. The van der Waals surface area contributed by atoms with Crippen LogP contribution in [0.25, 0.3) is 0 Å². The molecule has 0 aliphatic rings. The van der Waals surface area contributed by atoms with E-state index in [0.717, 1.165) is 22.5 Å². The molecule has 6 heteroatoms. The first-order chi connectivity index (χ1) is 13.2. The van der Waals surface area contributed by atoms with Crippen LogP contribution in [0.15, 0.2) is 72.8 Å². The number of carboxylic acid groups (broad SMARTS) is 1. The summed E-state index contributed by atoms with van der Waals surface area (Å²) >= 11 is 0. The Bertz CT molecular complexity index is 871. The Kier molecular flexibility index (Phi) is 7.81. The maximum atomic E-state index is 13.8. The molecule has 0 heterocycles. The van der Waals surface area contributed by atoms with Gasteiger partial charge >= 0.3 is 0 Å². The molecule has 0 saturated heterocycles. The second-order valence-corrected chi connectivity index (χ2v) is 5.63. The van der Waals surface area contributed by atoms with E-state index in [9.17, 15) is 4.39 Å². The van der Waals surface area contributed by atoms with E-state index in [1.54, 1.807) is 18.2 Å². The van der Waals surface area contributed by atoms with Crippen LogP contribution in [0, 0.1) is 5.82 Å². The number of benzene rings is 3. The average Bonchev–Trinajstić information content (AvgIpc) is 2.70. The molecule has 0 spiro atoms. The maximum Gasteiger partial charge on any atom is 0.290 e. The summed E-state index contributed by atoms with van der Waals surface area (Å²) in [5.74, 6) is -0.275. The van der Waals surface area contributed by atoms with Crippen LogP contribution in [0.2, 0.25) is 0 Å². The van der Waals surface area contributed by atoms with Crippen LogP contribution >= 0.6 is 0 Å². The minimum atomic E-state index is -0.275. The van der Waals surface area contributed by atoms with E-state index in [1.807, 2.05) is 36.4 Å². The molecule has 0 amide bonds. The van der Waals surface area contributed by atoms with Gasteiger partial charge in [0, 0.05) is 13.1 Å².